The van der Waals surface area contributed by atoms with E-state index in [2.05, 4.69) is 27.7 Å². The van der Waals surface area contributed by atoms with Crippen molar-refractivity contribution in [2.75, 3.05) is 11.1 Å². The van der Waals surface area contributed by atoms with Crippen LogP contribution in [-0.2, 0) is 4.79 Å². The number of carbonyl (C=O) groups excluding carboxylic acids is 2. The molecular formula is C19H19N3O2S2. The standard InChI is InChI=1S/C19H19N3O2S2/c23-16(15-9-5-2-6-10-15)13-25-19-22-21-18(26-19)20-17(24)12-11-14-7-3-1-4-8-14/h1-3,5-6,9-12,14H,4,7-8,13H2,(H,20,21,24). The Morgan fingerprint density at radius 3 is 2.85 bits per heavy atom. The lowest BCUT2D eigenvalue weighted by molar-refractivity contribution is -0.111. The molecule has 1 aromatic carbocycles. The number of amides is 1. The Kier molecular flexibility index (Phi) is 6.74. The van der Waals surface area contributed by atoms with Gasteiger partial charge >= 0.3 is 0 Å². The van der Waals surface area contributed by atoms with E-state index in [-0.39, 0.29) is 11.7 Å². The first-order valence-corrected chi connectivity index (χ1v) is 10.2. The third-order valence-corrected chi connectivity index (χ3v) is 5.86. The maximum atomic E-state index is 12.1. The predicted octanol–water partition coefficient (Wildman–Crippen LogP) is 4.36. The van der Waals surface area contributed by atoms with Crippen LogP contribution in [0.2, 0.25) is 0 Å². The van der Waals surface area contributed by atoms with E-state index in [4.69, 9.17) is 0 Å². The fourth-order valence-electron chi connectivity index (χ4n) is 2.52. The van der Waals surface area contributed by atoms with Crippen molar-refractivity contribution in [3.63, 3.8) is 0 Å². The molecule has 1 amide bonds. The van der Waals surface area contributed by atoms with Gasteiger partial charge in [0, 0.05) is 5.56 Å². The molecule has 1 unspecified atom stereocenters. The van der Waals surface area contributed by atoms with Gasteiger partial charge in [-0.3, -0.25) is 14.9 Å². The molecule has 0 spiro atoms. The van der Waals surface area contributed by atoms with E-state index < -0.39 is 0 Å². The van der Waals surface area contributed by atoms with Crippen LogP contribution in [0.4, 0.5) is 5.13 Å². The van der Waals surface area contributed by atoms with Gasteiger partial charge in [0.25, 0.3) is 0 Å². The van der Waals surface area contributed by atoms with Gasteiger partial charge in [0.2, 0.25) is 11.0 Å². The lowest BCUT2D eigenvalue weighted by Crippen LogP contribution is -2.09. The van der Waals surface area contributed by atoms with Crippen molar-refractivity contribution in [3.05, 3.63) is 60.2 Å². The molecule has 1 N–H and O–H groups in total. The summed E-state index contributed by atoms with van der Waals surface area (Å²) in [5.74, 6) is 0.561. The van der Waals surface area contributed by atoms with Crippen molar-refractivity contribution >= 4 is 39.9 Å². The van der Waals surface area contributed by atoms with Crippen molar-refractivity contribution in [1.82, 2.24) is 10.2 Å². The Morgan fingerprint density at radius 1 is 1.23 bits per heavy atom. The van der Waals surface area contributed by atoms with Crippen molar-refractivity contribution < 1.29 is 9.59 Å². The van der Waals surface area contributed by atoms with Crippen LogP contribution >= 0.6 is 23.1 Å². The molecular weight excluding hydrogens is 366 g/mol. The minimum absolute atomic E-state index is 0.0425. The van der Waals surface area contributed by atoms with Gasteiger partial charge in [0.15, 0.2) is 10.1 Å². The molecule has 134 valence electrons. The van der Waals surface area contributed by atoms with Crippen molar-refractivity contribution in [2.24, 2.45) is 5.92 Å². The van der Waals surface area contributed by atoms with Gasteiger partial charge in [-0.15, -0.1) is 10.2 Å². The van der Waals surface area contributed by atoms with Crippen LogP contribution in [0, 0.1) is 5.92 Å². The average Bonchev–Trinajstić information content (AvgIpc) is 3.13. The maximum Gasteiger partial charge on any atom is 0.249 e. The average molecular weight is 386 g/mol. The lowest BCUT2D eigenvalue weighted by Gasteiger charge is -2.12. The maximum absolute atomic E-state index is 12.1. The number of thioether (sulfide) groups is 1. The SMILES string of the molecule is O=C(C=CC1CC=CCC1)Nc1nnc(SCC(=O)c2ccccc2)s1. The van der Waals surface area contributed by atoms with Crippen LogP contribution < -0.4 is 5.32 Å². The molecule has 0 saturated carbocycles. The predicted molar refractivity (Wildman–Crippen MR) is 106 cm³/mol. The Balaban J connectivity index is 1.46. The highest BCUT2D eigenvalue weighted by Crippen LogP contribution is 2.26. The number of ketones is 1. The third kappa shape index (κ3) is 5.64. The fourth-order valence-corrected chi connectivity index (χ4v) is 4.17. The summed E-state index contributed by atoms with van der Waals surface area (Å²) in [5, 5.41) is 11.1. The van der Waals surface area contributed by atoms with Gasteiger partial charge in [-0.05, 0) is 31.3 Å². The second kappa shape index (κ2) is 9.45. The summed E-state index contributed by atoms with van der Waals surface area (Å²) in [6.07, 6.45) is 11.0. The zero-order chi connectivity index (χ0) is 18.2. The zero-order valence-electron chi connectivity index (χ0n) is 14.1. The first-order valence-electron chi connectivity index (χ1n) is 8.39. The lowest BCUT2D eigenvalue weighted by atomic mass is 9.94. The zero-order valence-corrected chi connectivity index (χ0v) is 15.8. The van der Waals surface area contributed by atoms with Crippen molar-refractivity contribution in [3.8, 4) is 0 Å². The second-order valence-corrected chi connectivity index (χ2v) is 8.04. The molecule has 26 heavy (non-hydrogen) atoms. The summed E-state index contributed by atoms with van der Waals surface area (Å²) in [7, 11) is 0. The van der Waals surface area contributed by atoms with Crippen LogP contribution in [-0.4, -0.2) is 27.6 Å². The summed E-state index contributed by atoms with van der Waals surface area (Å²) in [6.45, 7) is 0. The molecule has 0 aliphatic heterocycles. The molecule has 1 aromatic heterocycles. The number of rotatable bonds is 7. The molecule has 1 aliphatic rings. The van der Waals surface area contributed by atoms with E-state index in [1.165, 1.54) is 23.1 Å². The number of nitrogens with zero attached hydrogens (tertiary/aromatic N) is 2. The number of anilines is 1. The van der Waals surface area contributed by atoms with Crippen LogP contribution in [0.1, 0.15) is 29.6 Å². The number of carbonyl (C=O) groups is 2. The normalized spacial score (nSPS) is 16.7. The Labute approximate surface area is 160 Å². The molecule has 0 saturated heterocycles. The smallest absolute Gasteiger partial charge is 0.249 e. The highest BCUT2D eigenvalue weighted by Gasteiger charge is 2.11. The van der Waals surface area contributed by atoms with Gasteiger partial charge < -0.3 is 0 Å². The van der Waals surface area contributed by atoms with E-state index >= 15 is 0 Å². The van der Waals surface area contributed by atoms with E-state index in [1.807, 2.05) is 24.3 Å². The number of allylic oxidation sites excluding steroid dienone is 3. The topological polar surface area (TPSA) is 72.0 Å². The second-order valence-electron chi connectivity index (χ2n) is 5.84. The van der Waals surface area contributed by atoms with E-state index in [1.54, 1.807) is 18.2 Å². The summed E-state index contributed by atoms with van der Waals surface area (Å²) in [5.41, 5.74) is 0.681. The van der Waals surface area contributed by atoms with E-state index in [9.17, 15) is 9.59 Å². The summed E-state index contributed by atoms with van der Waals surface area (Å²) >= 11 is 2.60. The van der Waals surface area contributed by atoms with E-state index in [0.29, 0.717) is 26.7 Å². The van der Waals surface area contributed by atoms with Gasteiger partial charge in [-0.25, -0.2) is 0 Å². The summed E-state index contributed by atoms with van der Waals surface area (Å²) in [4.78, 5) is 24.1. The number of aromatic nitrogens is 2. The van der Waals surface area contributed by atoms with Gasteiger partial charge in [-0.1, -0.05) is 71.7 Å². The molecule has 0 fully saturated rings. The minimum atomic E-state index is -0.201. The molecule has 5 nitrogen and oxygen atoms in total. The molecule has 1 atom stereocenters. The van der Waals surface area contributed by atoms with Gasteiger partial charge in [0.1, 0.15) is 0 Å². The first kappa shape index (κ1) is 18.5. The third-order valence-electron chi connectivity index (χ3n) is 3.89. The number of hydrogen-bond donors (Lipinski definition) is 1. The van der Waals surface area contributed by atoms with Crippen LogP contribution in [0.15, 0.2) is 59.0 Å². The number of benzene rings is 1. The highest BCUT2D eigenvalue weighted by atomic mass is 32.2. The van der Waals surface area contributed by atoms with Gasteiger partial charge in [-0.2, -0.15) is 0 Å². The van der Waals surface area contributed by atoms with Crippen LogP contribution in [0.5, 0.6) is 0 Å². The minimum Gasteiger partial charge on any atom is -0.297 e. The molecule has 3 rings (SSSR count). The quantitative estimate of drug-likeness (QED) is 0.252. The van der Waals surface area contributed by atoms with Crippen LogP contribution in [0.3, 0.4) is 0 Å². The molecule has 1 aliphatic carbocycles. The van der Waals surface area contributed by atoms with Crippen molar-refractivity contribution in [1.29, 1.82) is 0 Å². The Bertz CT molecular complexity index is 815. The first-order chi connectivity index (χ1) is 12.7. The highest BCUT2D eigenvalue weighted by molar-refractivity contribution is 8.01. The number of hydrogen-bond acceptors (Lipinski definition) is 6. The molecule has 0 radical (unpaired) electrons. The van der Waals surface area contributed by atoms with Gasteiger partial charge in [0.05, 0.1) is 5.75 Å². The summed E-state index contributed by atoms with van der Waals surface area (Å²) < 4.78 is 0.658. The summed E-state index contributed by atoms with van der Waals surface area (Å²) in [6, 6.07) is 9.15. The monoisotopic (exact) mass is 385 g/mol. The van der Waals surface area contributed by atoms with E-state index in [0.717, 1.165) is 19.3 Å². The molecule has 0 bridgehead atoms. The Morgan fingerprint density at radius 2 is 2.08 bits per heavy atom. The largest absolute Gasteiger partial charge is 0.297 e. The number of nitrogens with one attached hydrogen (secondary N) is 1. The molecule has 7 heteroatoms. The Hall–Kier alpha value is -2.25. The van der Waals surface area contributed by atoms with Crippen molar-refractivity contribution in [2.45, 2.75) is 23.6 Å². The molecule has 2 aromatic rings. The number of Topliss-reactive ketones (excluding diaryl/α,β-unsaturated/α-hetero) is 1. The molecule has 1 heterocycles. The fraction of sp³-hybridized carbons (Fsp3) is 0.263. The van der Waals surface area contributed by atoms with Crippen LogP contribution in [0.25, 0.3) is 0 Å².